The van der Waals surface area contributed by atoms with Gasteiger partial charge in [0.25, 0.3) is 0 Å². The third-order valence-electron chi connectivity index (χ3n) is 5.52. The number of nitrogens with two attached hydrogens (primary N) is 1. The van der Waals surface area contributed by atoms with Crippen molar-refractivity contribution in [3.05, 3.63) is 65.1 Å². The molecule has 0 bridgehead atoms. The number of primary amides is 1. The SMILES string of the molecule is NC(=O)n1cc(NC(=O)N2CC(O)C[C@H]2C(=O)NCc2cccc(Cl)c2F)c2ccccc21. The number of β-amino-alcohol motifs (C(OH)–C–C–N with tert-alkyl or cyclic N) is 1. The topological polar surface area (TPSA) is 130 Å². The highest BCUT2D eigenvalue weighted by Crippen LogP contribution is 2.27. The third kappa shape index (κ3) is 4.48. The molecule has 4 rings (SSSR count). The number of carbonyl (C=O) groups excluding carboxylic acids is 3. The zero-order valence-electron chi connectivity index (χ0n) is 17.3. The van der Waals surface area contributed by atoms with Gasteiger partial charge >= 0.3 is 12.1 Å². The Balaban J connectivity index is 1.50. The molecule has 2 atom stereocenters. The molecule has 1 aliphatic heterocycles. The van der Waals surface area contributed by atoms with Crippen molar-refractivity contribution >= 4 is 46.2 Å². The summed E-state index contributed by atoms with van der Waals surface area (Å²) in [4.78, 5) is 38.7. The van der Waals surface area contributed by atoms with Crippen molar-refractivity contribution in [2.24, 2.45) is 5.73 Å². The van der Waals surface area contributed by atoms with Gasteiger partial charge in [-0.25, -0.2) is 14.0 Å². The number of hydrogen-bond acceptors (Lipinski definition) is 4. The molecule has 0 saturated carbocycles. The first-order valence-electron chi connectivity index (χ1n) is 10.1. The summed E-state index contributed by atoms with van der Waals surface area (Å²) in [7, 11) is 0. The van der Waals surface area contributed by atoms with Crippen molar-refractivity contribution in [1.82, 2.24) is 14.8 Å². The second-order valence-corrected chi connectivity index (χ2v) is 8.09. The van der Waals surface area contributed by atoms with Gasteiger partial charge in [0.05, 0.1) is 22.3 Å². The highest BCUT2D eigenvalue weighted by atomic mass is 35.5. The Bertz CT molecular complexity index is 1250. The van der Waals surface area contributed by atoms with Crippen molar-refractivity contribution in [1.29, 1.82) is 0 Å². The van der Waals surface area contributed by atoms with Gasteiger partial charge in [-0.2, -0.15) is 0 Å². The molecule has 5 N–H and O–H groups in total. The van der Waals surface area contributed by atoms with Gasteiger partial charge < -0.3 is 26.4 Å². The van der Waals surface area contributed by atoms with Crippen LogP contribution in [-0.2, 0) is 11.3 Å². The lowest BCUT2D eigenvalue weighted by Gasteiger charge is -2.24. The number of nitrogens with one attached hydrogen (secondary N) is 2. The van der Waals surface area contributed by atoms with Crippen molar-refractivity contribution in [2.45, 2.75) is 25.1 Å². The number of amides is 4. The maximum Gasteiger partial charge on any atom is 0.323 e. The van der Waals surface area contributed by atoms with Gasteiger partial charge in [-0.3, -0.25) is 9.36 Å². The Labute approximate surface area is 192 Å². The van der Waals surface area contributed by atoms with E-state index in [0.29, 0.717) is 16.6 Å². The monoisotopic (exact) mass is 473 g/mol. The molecule has 1 fully saturated rings. The highest BCUT2D eigenvalue weighted by molar-refractivity contribution is 6.30. The van der Waals surface area contributed by atoms with E-state index in [4.69, 9.17) is 17.3 Å². The molecule has 33 heavy (non-hydrogen) atoms. The summed E-state index contributed by atoms with van der Waals surface area (Å²) in [5, 5.41) is 15.9. The van der Waals surface area contributed by atoms with Crippen LogP contribution in [0.25, 0.3) is 10.9 Å². The molecule has 2 heterocycles. The summed E-state index contributed by atoms with van der Waals surface area (Å²) in [5.74, 6) is -1.17. The van der Waals surface area contributed by atoms with E-state index in [1.807, 2.05) is 0 Å². The Morgan fingerprint density at radius 3 is 2.70 bits per heavy atom. The quantitative estimate of drug-likeness (QED) is 0.464. The first kappa shape index (κ1) is 22.6. The Morgan fingerprint density at radius 2 is 1.94 bits per heavy atom. The molecule has 1 unspecified atom stereocenters. The Hall–Kier alpha value is -3.63. The maximum atomic E-state index is 14.1. The lowest BCUT2D eigenvalue weighted by molar-refractivity contribution is -0.124. The summed E-state index contributed by atoms with van der Waals surface area (Å²) in [6.45, 7) is -0.191. The lowest BCUT2D eigenvalue weighted by Crippen LogP contribution is -2.47. The average Bonchev–Trinajstić information content (AvgIpc) is 3.36. The van der Waals surface area contributed by atoms with Crippen LogP contribution in [0.1, 0.15) is 12.0 Å². The number of fused-ring (bicyclic) bond motifs is 1. The fourth-order valence-electron chi connectivity index (χ4n) is 3.92. The summed E-state index contributed by atoms with van der Waals surface area (Å²) in [6.07, 6.45) is 0.524. The van der Waals surface area contributed by atoms with Crippen LogP contribution in [0.3, 0.4) is 0 Å². The van der Waals surface area contributed by atoms with E-state index >= 15 is 0 Å². The van der Waals surface area contributed by atoms with E-state index in [-0.39, 0.29) is 30.1 Å². The maximum absolute atomic E-state index is 14.1. The molecule has 2 aromatic carbocycles. The smallest absolute Gasteiger partial charge is 0.323 e. The number of para-hydroxylation sites is 1. The number of carbonyl (C=O) groups is 3. The first-order valence-corrected chi connectivity index (χ1v) is 10.5. The molecule has 0 aliphatic carbocycles. The molecular formula is C22H21ClFN5O4. The lowest BCUT2D eigenvalue weighted by atomic mass is 10.1. The van der Waals surface area contributed by atoms with Gasteiger partial charge in [-0.1, -0.05) is 41.9 Å². The minimum atomic E-state index is -0.966. The molecule has 0 spiro atoms. The predicted molar refractivity (Wildman–Crippen MR) is 120 cm³/mol. The zero-order chi connectivity index (χ0) is 23.7. The average molecular weight is 474 g/mol. The summed E-state index contributed by atoms with van der Waals surface area (Å²) in [6, 6.07) is 9.01. The number of aromatic nitrogens is 1. The van der Waals surface area contributed by atoms with Crippen LogP contribution in [-0.4, -0.2) is 51.2 Å². The van der Waals surface area contributed by atoms with E-state index in [2.05, 4.69) is 10.6 Å². The molecule has 3 aromatic rings. The summed E-state index contributed by atoms with van der Waals surface area (Å²) >= 11 is 5.77. The number of anilines is 1. The van der Waals surface area contributed by atoms with Crippen LogP contribution in [0.4, 0.5) is 19.7 Å². The van der Waals surface area contributed by atoms with Crippen LogP contribution in [0.15, 0.2) is 48.7 Å². The van der Waals surface area contributed by atoms with E-state index in [9.17, 15) is 23.9 Å². The standard InChI is InChI=1S/C22H21ClFN5O4/c23-15-6-3-4-12(19(15)24)9-26-20(31)18-8-13(30)10-29(18)22(33)27-16-11-28(21(25)32)17-7-2-1-5-14(16)17/h1-7,11,13,18,30H,8-10H2,(H2,25,32)(H,26,31)(H,27,33)/t13?,18-/m0/s1. The molecule has 1 aliphatic rings. The van der Waals surface area contributed by atoms with Gasteiger partial charge in [0.1, 0.15) is 11.9 Å². The van der Waals surface area contributed by atoms with Gasteiger partial charge in [-0.05, 0) is 12.1 Å². The number of aliphatic hydroxyl groups excluding tert-OH is 1. The minimum Gasteiger partial charge on any atom is -0.391 e. The number of nitrogens with zero attached hydrogens (tertiary/aromatic N) is 2. The predicted octanol–water partition coefficient (Wildman–Crippen LogP) is 2.64. The van der Waals surface area contributed by atoms with Crippen LogP contribution in [0.2, 0.25) is 5.02 Å². The second kappa shape index (κ2) is 9.08. The Morgan fingerprint density at radius 1 is 1.18 bits per heavy atom. The zero-order valence-corrected chi connectivity index (χ0v) is 18.1. The number of urea groups is 1. The molecule has 1 aromatic heterocycles. The van der Waals surface area contributed by atoms with Gasteiger partial charge in [0, 0.05) is 36.7 Å². The van der Waals surface area contributed by atoms with Crippen LogP contribution >= 0.6 is 11.6 Å². The summed E-state index contributed by atoms with van der Waals surface area (Å²) in [5.41, 5.74) is 6.45. The molecule has 1 saturated heterocycles. The Kier molecular flexibility index (Phi) is 6.21. The number of likely N-dealkylation sites (tertiary alicyclic amines) is 1. The number of rotatable bonds is 4. The van der Waals surface area contributed by atoms with Crippen LogP contribution < -0.4 is 16.4 Å². The number of halogens is 2. The fourth-order valence-corrected chi connectivity index (χ4v) is 4.11. The first-order chi connectivity index (χ1) is 15.8. The largest absolute Gasteiger partial charge is 0.391 e. The molecule has 9 nitrogen and oxygen atoms in total. The molecule has 4 amide bonds. The number of benzene rings is 2. The molecular weight excluding hydrogens is 453 g/mol. The minimum absolute atomic E-state index is 0.0281. The second-order valence-electron chi connectivity index (χ2n) is 7.69. The van der Waals surface area contributed by atoms with E-state index < -0.39 is 35.9 Å². The molecule has 0 radical (unpaired) electrons. The molecule has 11 heteroatoms. The number of hydrogen-bond donors (Lipinski definition) is 4. The van der Waals surface area contributed by atoms with Crippen LogP contribution in [0.5, 0.6) is 0 Å². The third-order valence-corrected chi connectivity index (χ3v) is 5.81. The normalized spacial score (nSPS) is 17.8. The van der Waals surface area contributed by atoms with Crippen molar-refractivity contribution in [3.8, 4) is 0 Å². The number of aliphatic hydroxyl groups is 1. The van der Waals surface area contributed by atoms with Gasteiger partial charge in [0.2, 0.25) is 5.91 Å². The van der Waals surface area contributed by atoms with E-state index in [1.165, 1.54) is 27.8 Å². The van der Waals surface area contributed by atoms with E-state index in [1.54, 1.807) is 30.3 Å². The van der Waals surface area contributed by atoms with Crippen molar-refractivity contribution < 1.29 is 23.9 Å². The molecule has 172 valence electrons. The fraction of sp³-hybridized carbons (Fsp3) is 0.227. The van der Waals surface area contributed by atoms with Gasteiger partial charge in [0.15, 0.2) is 0 Å². The summed E-state index contributed by atoms with van der Waals surface area (Å²) < 4.78 is 15.3. The van der Waals surface area contributed by atoms with Crippen molar-refractivity contribution in [2.75, 3.05) is 11.9 Å². The highest BCUT2D eigenvalue weighted by Gasteiger charge is 2.39. The van der Waals surface area contributed by atoms with Gasteiger partial charge in [-0.15, -0.1) is 0 Å². The van der Waals surface area contributed by atoms with Crippen LogP contribution in [0, 0.1) is 5.82 Å². The van der Waals surface area contributed by atoms with E-state index in [0.717, 1.165) is 0 Å². The van der Waals surface area contributed by atoms with Crippen molar-refractivity contribution in [3.63, 3.8) is 0 Å².